The zero-order valence-electron chi connectivity index (χ0n) is 13.7. The second kappa shape index (κ2) is 6.40. The summed E-state index contributed by atoms with van der Waals surface area (Å²) in [4.78, 5) is 11.3. The van der Waals surface area contributed by atoms with E-state index in [0.29, 0.717) is 21.9 Å². The highest BCUT2D eigenvalue weighted by Crippen LogP contribution is 2.51. The maximum Gasteiger partial charge on any atom is 0.221 e. The quantitative estimate of drug-likeness (QED) is 0.656. The molecule has 0 saturated carbocycles. The first kappa shape index (κ1) is 16.5. The molecule has 3 atom stereocenters. The van der Waals surface area contributed by atoms with Gasteiger partial charge in [-0.3, -0.25) is 4.79 Å². The molecular formula is C20H18Cl2N2O. The summed E-state index contributed by atoms with van der Waals surface area (Å²) in [5.41, 5.74) is 4.14. The SMILES string of the molecule is CC(=O)Nc1ccc2c(c1)[C@@H]1C=CC[C@@H]1[C@@H](c1cccc(Cl)c1Cl)N2. The molecule has 1 aliphatic heterocycles. The molecule has 128 valence electrons. The molecule has 0 unspecified atom stereocenters. The topological polar surface area (TPSA) is 41.1 Å². The molecule has 2 aromatic carbocycles. The zero-order valence-corrected chi connectivity index (χ0v) is 15.2. The Bertz CT molecular complexity index is 878. The van der Waals surface area contributed by atoms with Crippen LogP contribution >= 0.6 is 23.2 Å². The van der Waals surface area contributed by atoms with Crippen LogP contribution in [0.2, 0.25) is 10.0 Å². The van der Waals surface area contributed by atoms with E-state index in [0.717, 1.165) is 23.4 Å². The van der Waals surface area contributed by atoms with E-state index >= 15 is 0 Å². The van der Waals surface area contributed by atoms with Crippen molar-refractivity contribution in [2.24, 2.45) is 5.92 Å². The Morgan fingerprint density at radius 1 is 1.20 bits per heavy atom. The summed E-state index contributed by atoms with van der Waals surface area (Å²) in [6.07, 6.45) is 5.46. The standard InChI is InChI=1S/C20H18Cl2N2O/c1-11(25)23-12-8-9-18-16(10-12)13-4-2-5-14(13)20(24-18)15-6-3-7-17(21)19(15)22/h2-4,6-10,13-14,20,24H,5H2,1H3,(H,23,25)/t13-,14+,20+/m1/s1. The van der Waals surface area contributed by atoms with Crippen LogP contribution in [-0.2, 0) is 4.79 Å². The number of benzene rings is 2. The van der Waals surface area contributed by atoms with Gasteiger partial charge in [0.15, 0.2) is 0 Å². The lowest BCUT2D eigenvalue weighted by Gasteiger charge is -2.38. The number of carbonyl (C=O) groups is 1. The lowest BCUT2D eigenvalue weighted by Crippen LogP contribution is -2.29. The van der Waals surface area contributed by atoms with Crippen LogP contribution in [0, 0.1) is 5.92 Å². The fraction of sp³-hybridized carbons (Fsp3) is 0.250. The monoisotopic (exact) mass is 372 g/mol. The van der Waals surface area contributed by atoms with E-state index in [-0.39, 0.29) is 11.9 Å². The first-order valence-electron chi connectivity index (χ1n) is 8.33. The maximum atomic E-state index is 11.3. The number of nitrogens with one attached hydrogen (secondary N) is 2. The van der Waals surface area contributed by atoms with Crippen molar-refractivity contribution in [2.45, 2.75) is 25.3 Å². The Kier molecular flexibility index (Phi) is 4.22. The van der Waals surface area contributed by atoms with Crippen LogP contribution in [-0.4, -0.2) is 5.91 Å². The van der Waals surface area contributed by atoms with Crippen molar-refractivity contribution in [3.05, 3.63) is 69.7 Å². The van der Waals surface area contributed by atoms with Gasteiger partial charge in [0.25, 0.3) is 0 Å². The van der Waals surface area contributed by atoms with Crippen molar-refractivity contribution in [1.82, 2.24) is 0 Å². The number of hydrogen-bond acceptors (Lipinski definition) is 2. The number of fused-ring (bicyclic) bond motifs is 3. The summed E-state index contributed by atoms with van der Waals surface area (Å²) in [6, 6.07) is 11.9. The molecule has 3 nitrogen and oxygen atoms in total. The largest absolute Gasteiger partial charge is 0.378 e. The molecule has 2 aromatic rings. The number of hydrogen-bond donors (Lipinski definition) is 2. The van der Waals surface area contributed by atoms with Gasteiger partial charge in [0.1, 0.15) is 0 Å². The van der Waals surface area contributed by atoms with Gasteiger partial charge in [0.2, 0.25) is 5.91 Å². The summed E-state index contributed by atoms with van der Waals surface area (Å²) in [7, 11) is 0. The Balaban J connectivity index is 1.76. The van der Waals surface area contributed by atoms with Gasteiger partial charge in [-0.2, -0.15) is 0 Å². The van der Waals surface area contributed by atoms with Gasteiger partial charge < -0.3 is 10.6 Å². The molecule has 1 heterocycles. The summed E-state index contributed by atoms with van der Waals surface area (Å²) >= 11 is 12.7. The molecular weight excluding hydrogens is 355 g/mol. The normalized spacial score (nSPS) is 23.6. The fourth-order valence-corrected chi connectivity index (χ4v) is 4.37. The third-order valence-corrected chi connectivity index (χ3v) is 5.83. The van der Waals surface area contributed by atoms with E-state index < -0.39 is 0 Å². The first-order valence-corrected chi connectivity index (χ1v) is 9.09. The van der Waals surface area contributed by atoms with E-state index in [1.165, 1.54) is 12.5 Å². The molecule has 0 bridgehead atoms. The molecule has 5 heteroatoms. The minimum absolute atomic E-state index is 0.0641. The van der Waals surface area contributed by atoms with Crippen LogP contribution in [0.1, 0.15) is 36.4 Å². The van der Waals surface area contributed by atoms with Crippen molar-refractivity contribution >= 4 is 40.5 Å². The Hall–Kier alpha value is -1.97. The fourth-order valence-electron chi connectivity index (χ4n) is 3.94. The Morgan fingerprint density at radius 3 is 2.84 bits per heavy atom. The van der Waals surface area contributed by atoms with Crippen molar-refractivity contribution in [3.8, 4) is 0 Å². The summed E-state index contributed by atoms with van der Waals surface area (Å²) in [5, 5.41) is 7.70. The van der Waals surface area contributed by atoms with Crippen molar-refractivity contribution in [3.63, 3.8) is 0 Å². The molecule has 0 spiro atoms. The first-order chi connectivity index (χ1) is 12.0. The van der Waals surface area contributed by atoms with E-state index in [9.17, 15) is 4.79 Å². The van der Waals surface area contributed by atoms with Gasteiger partial charge >= 0.3 is 0 Å². The number of halogens is 2. The van der Waals surface area contributed by atoms with E-state index in [4.69, 9.17) is 23.2 Å². The van der Waals surface area contributed by atoms with Gasteiger partial charge in [-0.15, -0.1) is 0 Å². The van der Waals surface area contributed by atoms with Gasteiger partial charge in [0.05, 0.1) is 16.1 Å². The lowest BCUT2D eigenvalue weighted by atomic mass is 9.77. The molecule has 0 saturated heterocycles. The van der Waals surface area contributed by atoms with E-state index in [2.05, 4.69) is 28.9 Å². The average Bonchev–Trinajstić information content (AvgIpc) is 3.06. The Morgan fingerprint density at radius 2 is 2.04 bits per heavy atom. The second-order valence-electron chi connectivity index (χ2n) is 6.60. The van der Waals surface area contributed by atoms with Crippen molar-refractivity contribution < 1.29 is 4.79 Å². The van der Waals surface area contributed by atoms with Gasteiger partial charge in [0, 0.05) is 24.2 Å². The van der Waals surface area contributed by atoms with Crippen LogP contribution < -0.4 is 10.6 Å². The highest BCUT2D eigenvalue weighted by atomic mass is 35.5. The van der Waals surface area contributed by atoms with E-state index in [1.54, 1.807) is 0 Å². The highest BCUT2D eigenvalue weighted by molar-refractivity contribution is 6.42. The van der Waals surface area contributed by atoms with Crippen LogP contribution in [0.3, 0.4) is 0 Å². The van der Waals surface area contributed by atoms with Crippen LogP contribution in [0.4, 0.5) is 11.4 Å². The molecule has 0 radical (unpaired) electrons. The van der Waals surface area contributed by atoms with Crippen LogP contribution in [0.5, 0.6) is 0 Å². The van der Waals surface area contributed by atoms with Gasteiger partial charge in [-0.05, 0) is 47.7 Å². The van der Waals surface area contributed by atoms with Crippen molar-refractivity contribution in [2.75, 3.05) is 10.6 Å². The molecule has 1 amide bonds. The minimum atomic E-state index is -0.0641. The smallest absolute Gasteiger partial charge is 0.221 e. The molecule has 25 heavy (non-hydrogen) atoms. The number of amides is 1. The van der Waals surface area contributed by atoms with Crippen LogP contribution in [0.15, 0.2) is 48.6 Å². The molecule has 4 rings (SSSR count). The molecule has 1 aliphatic carbocycles. The van der Waals surface area contributed by atoms with Crippen molar-refractivity contribution in [1.29, 1.82) is 0 Å². The number of allylic oxidation sites excluding steroid dienone is 2. The zero-order chi connectivity index (χ0) is 17.6. The highest BCUT2D eigenvalue weighted by Gasteiger charge is 2.38. The van der Waals surface area contributed by atoms with E-state index in [1.807, 2.05) is 30.3 Å². The maximum absolute atomic E-state index is 11.3. The van der Waals surface area contributed by atoms with Gasteiger partial charge in [-0.25, -0.2) is 0 Å². The predicted molar refractivity (Wildman–Crippen MR) is 104 cm³/mol. The van der Waals surface area contributed by atoms with Gasteiger partial charge in [-0.1, -0.05) is 47.5 Å². The Labute approximate surface area is 157 Å². The summed E-state index contributed by atoms with van der Waals surface area (Å²) in [6.45, 7) is 1.52. The van der Waals surface area contributed by atoms with Crippen LogP contribution in [0.25, 0.3) is 0 Å². The predicted octanol–water partition coefficient (Wildman–Crippen LogP) is 5.78. The minimum Gasteiger partial charge on any atom is -0.378 e. The second-order valence-corrected chi connectivity index (χ2v) is 7.39. The third-order valence-electron chi connectivity index (χ3n) is 5.00. The number of anilines is 2. The number of rotatable bonds is 2. The molecule has 0 fully saturated rings. The third kappa shape index (κ3) is 2.92. The molecule has 0 aromatic heterocycles. The molecule has 2 N–H and O–H groups in total. The summed E-state index contributed by atoms with van der Waals surface area (Å²) < 4.78 is 0. The molecule has 2 aliphatic rings. The average molecular weight is 373 g/mol. The lowest BCUT2D eigenvalue weighted by molar-refractivity contribution is -0.114. The number of carbonyl (C=O) groups excluding carboxylic acids is 1. The summed E-state index contributed by atoms with van der Waals surface area (Å²) in [5.74, 6) is 0.604.